The van der Waals surface area contributed by atoms with Crippen LogP contribution in [0.2, 0.25) is 0 Å². The van der Waals surface area contributed by atoms with Crippen molar-refractivity contribution in [2.75, 3.05) is 13.1 Å². The Labute approximate surface area is 112 Å². The number of unbranched alkanes of at least 4 members (excludes halogenated alkanes) is 6. The number of ether oxygens (including phenoxy) is 1. The molecule has 0 saturated carbocycles. The van der Waals surface area contributed by atoms with E-state index in [1.807, 2.05) is 4.90 Å². The maximum Gasteiger partial charge on any atom is 0.410 e. The molecule has 1 fully saturated rings. The lowest BCUT2D eigenvalue weighted by Crippen LogP contribution is -2.26. The summed E-state index contributed by atoms with van der Waals surface area (Å²) >= 11 is 0. The molecule has 0 radical (unpaired) electrons. The van der Waals surface area contributed by atoms with Gasteiger partial charge >= 0.3 is 6.09 Å². The zero-order valence-corrected chi connectivity index (χ0v) is 12.1. The van der Waals surface area contributed by atoms with Crippen molar-refractivity contribution in [2.45, 2.75) is 77.7 Å². The van der Waals surface area contributed by atoms with Crippen molar-refractivity contribution in [1.29, 1.82) is 0 Å². The first-order valence-corrected chi connectivity index (χ1v) is 7.73. The molecule has 1 unspecified atom stereocenters. The molecule has 1 amide bonds. The van der Waals surface area contributed by atoms with Gasteiger partial charge in [0.15, 0.2) is 0 Å². The molecule has 106 valence electrons. The van der Waals surface area contributed by atoms with Gasteiger partial charge < -0.3 is 9.64 Å². The zero-order valence-electron chi connectivity index (χ0n) is 12.1. The number of nitrogens with zero attached hydrogens (tertiary/aromatic N) is 1. The lowest BCUT2D eigenvalue weighted by atomic mass is 10.1. The average molecular weight is 255 g/mol. The van der Waals surface area contributed by atoms with Crippen molar-refractivity contribution in [3.05, 3.63) is 0 Å². The van der Waals surface area contributed by atoms with E-state index in [1.54, 1.807) is 0 Å². The van der Waals surface area contributed by atoms with Crippen molar-refractivity contribution in [3.8, 4) is 0 Å². The van der Waals surface area contributed by atoms with Crippen LogP contribution in [0, 0.1) is 0 Å². The molecule has 1 atom stereocenters. The molecule has 0 aliphatic carbocycles. The van der Waals surface area contributed by atoms with Crippen LogP contribution in [0.3, 0.4) is 0 Å². The Bertz CT molecular complexity index is 231. The highest BCUT2D eigenvalue weighted by Gasteiger charge is 2.29. The van der Waals surface area contributed by atoms with Crippen LogP contribution in [-0.2, 0) is 4.74 Å². The van der Waals surface area contributed by atoms with Crippen molar-refractivity contribution in [3.63, 3.8) is 0 Å². The molecule has 18 heavy (non-hydrogen) atoms. The fourth-order valence-corrected chi connectivity index (χ4v) is 2.44. The van der Waals surface area contributed by atoms with Crippen LogP contribution in [0.4, 0.5) is 4.79 Å². The Balaban J connectivity index is 2.10. The summed E-state index contributed by atoms with van der Waals surface area (Å²) in [4.78, 5) is 13.5. The molecule has 0 bridgehead atoms. The van der Waals surface area contributed by atoms with Gasteiger partial charge in [0, 0.05) is 6.54 Å². The minimum atomic E-state index is -0.0908. The van der Waals surface area contributed by atoms with Gasteiger partial charge in [-0.05, 0) is 19.3 Å². The van der Waals surface area contributed by atoms with Crippen molar-refractivity contribution < 1.29 is 9.53 Å². The summed E-state index contributed by atoms with van der Waals surface area (Å²) in [5, 5.41) is 0. The molecule has 3 nitrogen and oxygen atoms in total. The van der Waals surface area contributed by atoms with Gasteiger partial charge in [0.05, 0.1) is 6.54 Å². The van der Waals surface area contributed by atoms with Gasteiger partial charge in [0.2, 0.25) is 0 Å². The molecule has 0 spiro atoms. The number of hydrogen-bond donors (Lipinski definition) is 0. The summed E-state index contributed by atoms with van der Waals surface area (Å²) in [7, 11) is 0. The van der Waals surface area contributed by atoms with Crippen molar-refractivity contribution >= 4 is 6.09 Å². The summed E-state index contributed by atoms with van der Waals surface area (Å²) in [6.07, 6.45) is 11.0. The first-order chi connectivity index (χ1) is 8.77. The molecule has 1 saturated heterocycles. The van der Waals surface area contributed by atoms with E-state index >= 15 is 0 Å². The van der Waals surface area contributed by atoms with Gasteiger partial charge in [-0.2, -0.15) is 0 Å². The number of amides is 1. The molecule has 3 heteroatoms. The first kappa shape index (κ1) is 15.3. The van der Waals surface area contributed by atoms with Crippen LogP contribution in [0.1, 0.15) is 71.6 Å². The third kappa shape index (κ3) is 5.74. The van der Waals surface area contributed by atoms with E-state index in [2.05, 4.69) is 13.8 Å². The first-order valence-electron chi connectivity index (χ1n) is 7.73. The SMILES string of the molecule is CCCCCCC1CN(CCCCCC)C(=O)O1. The highest BCUT2D eigenvalue weighted by Crippen LogP contribution is 2.18. The molecule has 0 N–H and O–H groups in total. The predicted molar refractivity (Wildman–Crippen MR) is 74.7 cm³/mol. The zero-order chi connectivity index (χ0) is 13.2. The second-order valence-electron chi connectivity index (χ2n) is 5.36. The maximum atomic E-state index is 11.6. The van der Waals surface area contributed by atoms with E-state index in [9.17, 15) is 4.79 Å². The highest BCUT2D eigenvalue weighted by molar-refractivity contribution is 5.69. The minimum Gasteiger partial charge on any atom is -0.444 e. The van der Waals surface area contributed by atoms with E-state index in [1.165, 1.54) is 44.9 Å². The van der Waals surface area contributed by atoms with Crippen molar-refractivity contribution in [1.82, 2.24) is 4.90 Å². The summed E-state index contributed by atoms with van der Waals surface area (Å²) in [6, 6.07) is 0. The van der Waals surface area contributed by atoms with Gasteiger partial charge in [-0.15, -0.1) is 0 Å². The molecule has 1 rings (SSSR count). The Kier molecular flexibility index (Phi) is 7.86. The molecule has 0 aromatic carbocycles. The fourth-order valence-electron chi connectivity index (χ4n) is 2.44. The second-order valence-corrected chi connectivity index (χ2v) is 5.36. The molecule has 1 aliphatic heterocycles. The van der Waals surface area contributed by atoms with Gasteiger partial charge in [-0.1, -0.05) is 52.4 Å². The smallest absolute Gasteiger partial charge is 0.410 e. The topological polar surface area (TPSA) is 29.5 Å². The van der Waals surface area contributed by atoms with E-state index < -0.39 is 0 Å². The van der Waals surface area contributed by atoms with E-state index in [0.717, 1.165) is 25.9 Å². The standard InChI is InChI=1S/C15H29NO2/c1-3-5-7-9-11-14-13-16(15(17)18-14)12-10-8-6-4-2/h14H,3-13H2,1-2H3. The number of cyclic esters (lactones) is 1. The molecule has 0 aromatic rings. The Morgan fingerprint density at radius 2 is 1.72 bits per heavy atom. The lowest BCUT2D eigenvalue weighted by Gasteiger charge is -2.12. The monoisotopic (exact) mass is 255 g/mol. The van der Waals surface area contributed by atoms with Gasteiger partial charge in [-0.3, -0.25) is 0 Å². The number of rotatable bonds is 10. The van der Waals surface area contributed by atoms with Crippen LogP contribution in [-0.4, -0.2) is 30.2 Å². The summed E-state index contributed by atoms with van der Waals surface area (Å²) in [5.41, 5.74) is 0. The Morgan fingerprint density at radius 3 is 2.39 bits per heavy atom. The van der Waals surface area contributed by atoms with Crippen LogP contribution in [0.5, 0.6) is 0 Å². The maximum absolute atomic E-state index is 11.6. The van der Waals surface area contributed by atoms with E-state index in [4.69, 9.17) is 4.74 Å². The van der Waals surface area contributed by atoms with Crippen LogP contribution >= 0.6 is 0 Å². The Hall–Kier alpha value is -0.730. The second kappa shape index (κ2) is 9.23. The number of hydrogen-bond acceptors (Lipinski definition) is 2. The molecule has 1 aliphatic rings. The largest absolute Gasteiger partial charge is 0.444 e. The average Bonchev–Trinajstić information content (AvgIpc) is 2.71. The van der Waals surface area contributed by atoms with Gasteiger partial charge in [-0.25, -0.2) is 4.79 Å². The fraction of sp³-hybridized carbons (Fsp3) is 0.933. The third-order valence-electron chi connectivity index (χ3n) is 3.61. The minimum absolute atomic E-state index is 0.0908. The highest BCUT2D eigenvalue weighted by atomic mass is 16.6. The Morgan fingerprint density at radius 1 is 1.06 bits per heavy atom. The quantitative estimate of drug-likeness (QED) is 0.543. The molecular formula is C15H29NO2. The van der Waals surface area contributed by atoms with Crippen LogP contribution in [0.25, 0.3) is 0 Å². The molecule has 1 heterocycles. The predicted octanol–water partition coefficient (Wildman–Crippen LogP) is 4.36. The lowest BCUT2D eigenvalue weighted by molar-refractivity contribution is 0.127. The summed E-state index contributed by atoms with van der Waals surface area (Å²) < 4.78 is 5.40. The van der Waals surface area contributed by atoms with Gasteiger partial charge in [0.1, 0.15) is 6.10 Å². The van der Waals surface area contributed by atoms with Crippen LogP contribution in [0.15, 0.2) is 0 Å². The molecular weight excluding hydrogens is 226 g/mol. The van der Waals surface area contributed by atoms with E-state index in [0.29, 0.717) is 0 Å². The normalized spacial score (nSPS) is 19.3. The molecule has 0 aromatic heterocycles. The van der Waals surface area contributed by atoms with E-state index in [-0.39, 0.29) is 12.2 Å². The summed E-state index contributed by atoms with van der Waals surface area (Å²) in [6.45, 7) is 6.12. The third-order valence-corrected chi connectivity index (χ3v) is 3.61. The summed E-state index contributed by atoms with van der Waals surface area (Å²) in [5.74, 6) is 0. The van der Waals surface area contributed by atoms with Gasteiger partial charge in [0.25, 0.3) is 0 Å². The van der Waals surface area contributed by atoms with Crippen LogP contribution < -0.4 is 0 Å². The number of carbonyl (C=O) groups is 1. The van der Waals surface area contributed by atoms with Crippen molar-refractivity contribution in [2.24, 2.45) is 0 Å². The number of carbonyl (C=O) groups excluding carboxylic acids is 1.